The molecule has 0 amide bonds. The number of allylic oxidation sites excluding steroid dienone is 3. The van der Waals surface area contributed by atoms with Crippen LogP contribution >= 0.6 is 0 Å². The molecule has 0 spiro atoms. The van der Waals surface area contributed by atoms with Gasteiger partial charge in [0, 0.05) is 0 Å². The Morgan fingerprint density at radius 2 is 1.44 bits per heavy atom. The van der Waals surface area contributed by atoms with Crippen molar-refractivity contribution in [2.24, 2.45) is 17.8 Å². The van der Waals surface area contributed by atoms with Crippen LogP contribution in [-0.4, -0.2) is 6.61 Å². The van der Waals surface area contributed by atoms with Crippen LogP contribution in [0.2, 0.25) is 0 Å². The van der Waals surface area contributed by atoms with Gasteiger partial charge in [-0.15, -0.1) is 0 Å². The number of hydrogen-bond donors (Lipinski definition) is 0. The highest BCUT2D eigenvalue weighted by Gasteiger charge is 2.36. The quantitative estimate of drug-likeness (QED) is 0.229. The van der Waals surface area contributed by atoms with Gasteiger partial charge in [0.05, 0.1) is 11.1 Å². The van der Waals surface area contributed by atoms with Gasteiger partial charge < -0.3 is 4.74 Å². The summed E-state index contributed by atoms with van der Waals surface area (Å²) in [4.78, 5) is 0. The fraction of sp³-hybridized carbons (Fsp3) is 0.419. The molecule has 0 radical (unpaired) electrons. The Morgan fingerprint density at radius 1 is 0.778 bits per heavy atom. The molecule has 0 heterocycles. The van der Waals surface area contributed by atoms with Gasteiger partial charge >= 0.3 is 0 Å². The molecule has 2 aliphatic rings. The van der Waals surface area contributed by atoms with E-state index in [0.717, 1.165) is 32.1 Å². The zero-order valence-electron chi connectivity index (χ0n) is 20.8. The second-order valence-electron chi connectivity index (χ2n) is 9.83. The van der Waals surface area contributed by atoms with Gasteiger partial charge in [-0.1, -0.05) is 42.2 Å². The Labute approximate surface area is 211 Å². The summed E-state index contributed by atoms with van der Waals surface area (Å²) >= 11 is 0. The molecule has 0 aromatic heterocycles. The van der Waals surface area contributed by atoms with Crippen LogP contribution in [0.1, 0.15) is 75.0 Å². The molecule has 190 valence electrons. The van der Waals surface area contributed by atoms with Gasteiger partial charge in [0.2, 0.25) is 5.82 Å². The fourth-order valence-corrected chi connectivity index (χ4v) is 5.74. The predicted molar refractivity (Wildman–Crippen MR) is 135 cm³/mol. The van der Waals surface area contributed by atoms with E-state index >= 15 is 4.39 Å². The van der Waals surface area contributed by atoms with Crippen molar-refractivity contribution in [3.8, 4) is 17.6 Å². The number of rotatable bonds is 5. The first-order chi connectivity index (χ1) is 17.4. The number of ether oxygens (including phenoxy) is 1. The lowest BCUT2D eigenvalue weighted by Gasteiger charge is -2.41. The minimum Gasteiger partial charge on any atom is -0.486 e. The maximum Gasteiger partial charge on any atom is 0.201 e. The van der Waals surface area contributed by atoms with Crippen molar-refractivity contribution in [3.63, 3.8) is 0 Å². The van der Waals surface area contributed by atoms with Crippen molar-refractivity contribution < 1.29 is 22.3 Å². The molecule has 0 N–H and O–H groups in total. The first kappa shape index (κ1) is 26.1. The second kappa shape index (κ2) is 11.8. The molecule has 2 aliphatic carbocycles. The summed E-state index contributed by atoms with van der Waals surface area (Å²) in [5, 5.41) is 0. The highest BCUT2D eigenvalue weighted by molar-refractivity contribution is 5.47. The molecule has 2 aromatic carbocycles. The summed E-state index contributed by atoms with van der Waals surface area (Å²) in [7, 11) is 0. The summed E-state index contributed by atoms with van der Waals surface area (Å²) in [5.41, 5.74) is -0.0291. The monoisotopic (exact) mass is 496 g/mol. The van der Waals surface area contributed by atoms with E-state index in [1.54, 1.807) is 25.1 Å². The molecule has 36 heavy (non-hydrogen) atoms. The lowest BCUT2D eigenvalue weighted by molar-refractivity contribution is 0.132. The average Bonchev–Trinajstić information content (AvgIpc) is 2.88. The summed E-state index contributed by atoms with van der Waals surface area (Å²) in [6, 6.07) is 5.59. The van der Waals surface area contributed by atoms with Crippen LogP contribution < -0.4 is 4.74 Å². The minimum atomic E-state index is -1.18. The van der Waals surface area contributed by atoms with Crippen molar-refractivity contribution >= 4 is 0 Å². The number of halogens is 4. The van der Waals surface area contributed by atoms with Crippen LogP contribution in [0.4, 0.5) is 17.6 Å². The summed E-state index contributed by atoms with van der Waals surface area (Å²) in [6.07, 6.45) is 14.0. The van der Waals surface area contributed by atoms with Crippen LogP contribution in [0.25, 0.3) is 0 Å². The van der Waals surface area contributed by atoms with Crippen molar-refractivity contribution in [3.05, 3.63) is 88.5 Å². The van der Waals surface area contributed by atoms with Gasteiger partial charge in [-0.3, -0.25) is 0 Å². The van der Waals surface area contributed by atoms with E-state index in [4.69, 9.17) is 4.74 Å². The third kappa shape index (κ3) is 5.69. The van der Waals surface area contributed by atoms with Gasteiger partial charge in [-0.25, -0.2) is 13.2 Å². The molecule has 4 rings (SSSR count). The SMILES string of the molecule is C/C=C/COc1ccc(C#Cc2ccc(C3CCC4CC(/C=C/C)CCC4C3)c(F)c2F)c(F)c1F. The van der Waals surface area contributed by atoms with Crippen LogP contribution in [0.15, 0.2) is 48.6 Å². The normalized spacial score (nSPS) is 23.9. The zero-order valence-corrected chi connectivity index (χ0v) is 20.8. The van der Waals surface area contributed by atoms with Gasteiger partial charge in [-0.05, 0) is 99.8 Å². The topological polar surface area (TPSA) is 9.23 Å². The molecular formula is C31H32F4O. The molecule has 2 saturated carbocycles. The first-order valence-corrected chi connectivity index (χ1v) is 12.8. The smallest absolute Gasteiger partial charge is 0.201 e. The Morgan fingerprint density at radius 3 is 2.17 bits per heavy atom. The molecule has 5 heteroatoms. The van der Waals surface area contributed by atoms with Gasteiger partial charge in [0.25, 0.3) is 0 Å². The van der Waals surface area contributed by atoms with Crippen LogP contribution in [0.3, 0.4) is 0 Å². The molecule has 0 saturated heterocycles. The average molecular weight is 497 g/mol. The van der Waals surface area contributed by atoms with Crippen molar-refractivity contribution in [1.29, 1.82) is 0 Å². The number of fused-ring (bicyclic) bond motifs is 1. The minimum absolute atomic E-state index is 0.0114. The predicted octanol–water partition coefficient (Wildman–Crippen LogP) is 8.47. The lowest BCUT2D eigenvalue weighted by Crippen LogP contribution is -2.30. The van der Waals surface area contributed by atoms with E-state index in [1.807, 2.05) is 0 Å². The second-order valence-corrected chi connectivity index (χ2v) is 9.83. The third-order valence-corrected chi connectivity index (χ3v) is 7.62. The molecule has 0 aliphatic heterocycles. The highest BCUT2D eigenvalue weighted by Crippen LogP contribution is 2.48. The van der Waals surface area contributed by atoms with Crippen LogP contribution in [-0.2, 0) is 0 Å². The third-order valence-electron chi connectivity index (χ3n) is 7.62. The molecule has 2 aromatic rings. The first-order valence-electron chi connectivity index (χ1n) is 12.8. The maximum absolute atomic E-state index is 15.1. The Kier molecular flexibility index (Phi) is 8.56. The van der Waals surface area contributed by atoms with E-state index in [2.05, 4.69) is 30.9 Å². The number of benzene rings is 2. The zero-order chi connectivity index (χ0) is 25.7. The van der Waals surface area contributed by atoms with Crippen molar-refractivity contribution in [2.45, 2.75) is 58.3 Å². The summed E-state index contributed by atoms with van der Waals surface area (Å²) in [6.45, 7) is 3.95. The van der Waals surface area contributed by atoms with Gasteiger partial charge in [0.15, 0.2) is 23.2 Å². The Hall–Kier alpha value is -3.00. The fourth-order valence-electron chi connectivity index (χ4n) is 5.74. The van der Waals surface area contributed by atoms with E-state index < -0.39 is 23.3 Å². The maximum atomic E-state index is 15.1. The Bertz CT molecular complexity index is 1200. The van der Waals surface area contributed by atoms with Crippen molar-refractivity contribution in [2.75, 3.05) is 6.61 Å². The summed E-state index contributed by atoms with van der Waals surface area (Å²) < 4.78 is 63.9. The van der Waals surface area contributed by atoms with E-state index in [9.17, 15) is 13.2 Å². The van der Waals surface area contributed by atoms with Gasteiger partial charge in [-0.2, -0.15) is 4.39 Å². The number of hydrogen-bond acceptors (Lipinski definition) is 1. The summed E-state index contributed by atoms with van der Waals surface area (Å²) in [5.74, 6) is 2.25. The molecule has 4 atom stereocenters. The Balaban J connectivity index is 1.48. The largest absolute Gasteiger partial charge is 0.486 e. The molecule has 2 fully saturated rings. The van der Waals surface area contributed by atoms with Gasteiger partial charge in [0.1, 0.15) is 6.61 Å². The molecule has 4 unspecified atom stereocenters. The molecule has 0 bridgehead atoms. The molecule has 1 nitrogen and oxygen atoms in total. The van der Waals surface area contributed by atoms with Crippen LogP contribution in [0.5, 0.6) is 5.75 Å². The van der Waals surface area contributed by atoms with Crippen molar-refractivity contribution in [1.82, 2.24) is 0 Å². The highest BCUT2D eigenvalue weighted by atomic mass is 19.2. The standard InChI is InChI=1S/C31H32F4O/c1-3-5-17-36-27-16-14-22(29(33)31(27)35)10-9-21-13-15-26(30(34)28(21)32)25-12-11-23-18-20(6-4-2)7-8-24(23)19-25/h3-6,13-16,20,23-25H,7-8,11-12,17-19H2,1-2H3/b5-3+,6-4+. The van der Waals surface area contributed by atoms with E-state index in [-0.39, 0.29) is 29.4 Å². The lowest BCUT2D eigenvalue weighted by atomic mass is 9.64. The molecular weight excluding hydrogens is 464 g/mol. The van der Waals surface area contributed by atoms with E-state index in [1.165, 1.54) is 24.6 Å². The van der Waals surface area contributed by atoms with Crippen LogP contribution in [0, 0.1) is 52.9 Å². The van der Waals surface area contributed by atoms with E-state index in [0.29, 0.717) is 23.3 Å².